The van der Waals surface area contributed by atoms with Gasteiger partial charge in [0.2, 0.25) is 10.0 Å². The first-order valence-corrected chi connectivity index (χ1v) is 8.68. The summed E-state index contributed by atoms with van der Waals surface area (Å²) < 4.78 is 37.5. The number of esters is 1. The molecule has 0 saturated heterocycles. The van der Waals surface area contributed by atoms with E-state index >= 15 is 0 Å². The van der Waals surface area contributed by atoms with Crippen LogP contribution in [0.1, 0.15) is 21.5 Å². The molecular weight excluding hydrogens is 330 g/mol. The van der Waals surface area contributed by atoms with Gasteiger partial charge in [0.25, 0.3) is 0 Å². The van der Waals surface area contributed by atoms with Gasteiger partial charge < -0.3 is 9.47 Å². The molecule has 24 heavy (non-hydrogen) atoms. The van der Waals surface area contributed by atoms with Crippen molar-refractivity contribution in [1.82, 2.24) is 4.72 Å². The van der Waals surface area contributed by atoms with Crippen molar-refractivity contribution in [3.63, 3.8) is 0 Å². The van der Waals surface area contributed by atoms with Crippen LogP contribution in [0.4, 0.5) is 0 Å². The number of aryl methyl sites for hydroxylation is 1. The molecule has 2 aromatic rings. The van der Waals surface area contributed by atoms with Crippen LogP contribution in [-0.4, -0.2) is 28.6 Å². The Morgan fingerprint density at radius 3 is 2.50 bits per heavy atom. The van der Waals surface area contributed by atoms with Crippen molar-refractivity contribution in [2.75, 3.05) is 14.2 Å². The highest BCUT2D eigenvalue weighted by Gasteiger charge is 2.19. The molecule has 6 nitrogen and oxygen atoms in total. The van der Waals surface area contributed by atoms with E-state index in [0.717, 1.165) is 0 Å². The predicted molar refractivity (Wildman–Crippen MR) is 89.5 cm³/mol. The van der Waals surface area contributed by atoms with Gasteiger partial charge in [0.1, 0.15) is 5.75 Å². The Bertz CT molecular complexity index is 846. The molecule has 0 aromatic heterocycles. The van der Waals surface area contributed by atoms with Gasteiger partial charge in [-0.05, 0) is 30.7 Å². The minimum Gasteiger partial charge on any atom is -0.496 e. The lowest BCUT2D eigenvalue weighted by atomic mass is 10.1. The number of hydrogen-bond acceptors (Lipinski definition) is 5. The summed E-state index contributed by atoms with van der Waals surface area (Å²) in [5.74, 6) is 0.0106. The summed E-state index contributed by atoms with van der Waals surface area (Å²) in [5.41, 5.74) is 1.43. The van der Waals surface area contributed by atoms with Crippen molar-refractivity contribution >= 4 is 16.0 Å². The molecule has 0 saturated carbocycles. The number of para-hydroxylation sites is 1. The Morgan fingerprint density at radius 1 is 1.12 bits per heavy atom. The van der Waals surface area contributed by atoms with Crippen LogP contribution in [0.25, 0.3) is 0 Å². The van der Waals surface area contributed by atoms with E-state index in [0.29, 0.717) is 16.9 Å². The smallest absolute Gasteiger partial charge is 0.337 e. The number of ether oxygens (including phenoxy) is 2. The molecule has 0 aliphatic carbocycles. The van der Waals surface area contributed by atoms with E-state index in [-0.39, 0.29) is 17.0 Å². The van der Waals surface area contributed by atoms with Gasteiger partial charge in [-0.1, -0.05) is 24.3 Å². The summed E-state index contributed by atoms with van der Waals surface area (Å²) in [7, 11) is -1.02. The number of hydrogen-bond donors (Lipinski definition) is 1. The van der Waals surface area contributed by atoms with Crippen LogP contribution in [0.5, 0.6) is 5.75 Å². The number of sulfonamides is 1. The van der Waals surface area contributed by atoms with Gasteiger partial charge in [0.05, 0.1) is 24.7 Å². The van der Waals surface area contributed by atoms with Crippen LogP contribution in [0.3, 0.4) is 0 Å². The fraction of sp³-hybridized carbons (Fsp3) is 0.235. The third-order valence-corrected chi connectivity index (χ3v) is 5.09. The van der Waals surface area contributed by atoms with Crippen LogP contribution in [-0.2, 0) is 21.3 Å². The monoisotopic (exact) mass is 349 g/mol. The molecule has 7 heteroatoms. The third-order valence-electron chi connectivity index (χ3n) is 3.54. The van der Waals surface area contributed by atoms with Crippen molar-refractivity contribution < 1.29 is 22.7 Å². The molecular formula is C17H19NO5S. The zero-order valence-corrected chi connectivity index (χ0v) is 14.5. The van der Waals surface area contributed by atoms with Crippen LogP contribution in [0.15, 0.2) is 47.4 Å². The lowest BCUT2D eigenvalue weighted by Crippen LogP contribution is -2.24. The molecule has 0 aliphatic rings. The number of carbonyl (C=O) groups excluding carboxylic acids is 1. The van der Waals surface area contributed by atoms with Crippen molar-refractivity contribution in [1.29, 1.82) is 0 Å². The highest BCUT2D eigenvalue weighted by Crippen LogP contribution is 2.20. The average Bonchev–Trinajstić information content (AvgIpc) is 2.59. The topological polar surface area (TPSA) is 81.7 Å². The van der Waals surface area contributed by atoms with E-state index < -0.39 is 16.0 Å². The second-order valence-electron chi connectivity index (χ2n) is 5.11. The maximum absolute atomic E-state index is 12.6. The first kappa shape index (κ1) is 18.0. The molecule has 0 radical (unpaired) electrons. The lowest BCUT2D eigenvalue weighted by Gasteiger charge is -2.12. The van der Waals surface area contributed by atoms with Crippen molar-refractivity contribution in [3.05, 3.63) is 59.2 Å². The van der Waals surface area contributed by atoms with E-state index in [9.17, 15) is 13.2 Å². The number of rotatable bonds is 6. The van der Waals surface area contributed by atoms with Crippen molar-refractivity contribution in [3.8, 4) is 5.75 Å². The average molecular weight is 349 g/mol. The lowest BCUT2D eigenvalue weighted by molar-refractivity contribution is 0.0600. The standard InChI is InChI=1S/C17H19NO5S/c1-12-8-9-13(17(19)23-3)10-16(12)24(20,21)18-11-14-6-4-5-7-15(14)22-2/h4-10,18H,11H2,1-3H3. The van der Waals surface area contributed by atoms with Crippen LogP contribution >= 0.6 is 0 Å². The number of benzene rings is 2. The first-order chi connectivity index (χ1) is 11.4. The summed E-state index contributed by atoms with van der Waals surface area (Å²) >= 11 is 0. The number of nitrogens with one attached hydrogen (secondary N) is 1. The van der Waals surface area contributed by atoms with Crippen LogP contribution < -0.4 is 9.46 Å². The third kappa shape index (κ3) is 3.93. The highest BCUT2D eigenvalue weighted by atomic mass is 32.2. The van der Waals surface area contributed by atoms with E-state index in [4.69, 9.17) is 4.74 Å². The Balaban J connectivity index is 2.29. The van der Waals surface area contributed by atoms with Crippen LogP contribution in [0.2, 0.25) is 0 Å². The van der Waals surface area contributed by atoms with Gasteiger partial charge in [-0.25, -0.2) is 17.9 Å². The largest absolute Gasteiger partial charge is 0.496 e. The Kier molecular flexibility index (Phi) is 5.58. The van der Waals surface area contributed by atoms with Gasteiger partial charge in [0, 0.05) is 12.1 Å². The first-order valence-electron chi connectivity index (χ1n) is 7.19. The number of methoxy groups -OCH3 is 2. The SMILES string of the molecule is COC(=O)c1ccc(C)c(S(=O)(=O)NCc2ccccc2OC)c1. The molecule has 0 amide bonds. The van der Waals surface area contributed by atoms with Gasteiger partial charge in [-0.2, -0.15) is 0 Å². The zero-order chi connectivity index (χ0) is 17.7. The summed E-state index contributed by atoms with van der Waals surface area (Å²) in [6, 6.07) is 11.6. The van der Waals surface area contributed by atoms with Crippen LogP contribution in [0, 0.1) is 6.92 Å². The summed E-state index contributed by atoms with van der Waals surface area (Å²) in [6.07, 6.45) is 0. The van der Waals surface area contributed by atoms with Gasteiger partial charge >= 0.3 is 5.97 Å². The quantitative estimate of drug-likeness (QED) is 0.809. The Labute approximate surface area is 141 Å². The molecule has 0 atom stereocenters. The molecule has 0 unspecified atom stereocenters. The summed E-state index contributed by atoms with van der Waals surface area (Å²) in [4.78, 5) is 11.7. The maximum Gasteiger partial charge on any atom is 0.337 e. The van der Waals surface area contributed by atoms with Crippen molar-refractivity contribution in [2.24, 2.45) is 0 Å². The predicted octanol–water partition coefficient (Wildman–Crippen LogP) is 2.27. The zero-order valence-electron chi connectivity index (χ0n) is 13.7. The Hall–Kier alpha value is -2.38. The second kappa shape index (κ2) is 7.46. The molecule has 2 aromatic carbocycles. The molecule has 2 rings (SSSR count). The molecule has 0 heterocycles. The summed E-state index contributed by atoms with van der Waals surface area (Å²) in [6.45, 7) is 1.74. The minimum atomic E-state index is -3.79. The second-order valence-corrected chi connectivity index (χ2v) is 6.84. The van der Waals surface area contributed by atoms with Gasteiger partial charge in [0.15, 0.2) is 0 Å². The normalized spacial score (nSPS) is 11.1. The molecule has 1 N–H and O–H groups in total. The molecule has 0 aliphatic heterocycles. The molecule has 128 valence electrons. The minimum absolute atomic E-state index is 0.0419. The van der Waals surface area contributed by atoms with E-state index in [1.165, 1.54) is 26.4 Å². The fourth-order valence-corrected chi connectivity index (χ4v) is 3.51. The molecule has 0 fully saturated rings. The summed E-state index contributed by atoms with van der Waals surface area (Å²) in [5, 5.41) is 0. The van der Waals surface area contributed by atoms with E-state index in [2.05, 4.69) is 9.46 Å². The highest BCUT2D eigenvalue weighted by molar-refractivity contribution is 7.89. The fourth-order valence-electron chi connectivity index (χ4n) is 2.23. The van der Waals surface area contributed by atoms with Crippen molar-refractivity contribution in [2.45, 2.75) is 18.4 Å². The molecule has 0 bridgehead atoms. The Morgan fingerprint density at radius 2 is 1.83 bits per heavy atom. The number of carbonyl (C=O) groups is 1. The van der Waals surface area contributed by atoms with Gasteiger partial charge in [-0.3, -0.25) is 0 Å². The maximum atomic E-state index is 12.6. The van der Waals surface area contributed by atoms with Gasteiger partial charge in [-0.15, -0.1) is 0 Å². The molecule has 0 spiro atoms. The van der Waals surface area contributed by atoms with E-state index in [1.54, 1.807) is 37.3 Å². The van der Waals surface area contributed by atoms with E-state index in [1.807, 2.05) is 0 Å².